The van der Waals surface area contributed by atoms with E-state index in [1.54, 1.807) is 12.1 Å². The second-order valence-corrected chi connectivity index (χ2v) is 9.70. The Labute approximate surface area is 215 Å². The van der Waals surface area contributed by atoms with E-state index in [-0.39, 0.29) is 0 Å². The topological polar surface area (TPSA) is 69.9 Å². The number of benzene rings is 2. The van der Waals surface area contributed by atoms with Gasteiger partial charge in [-0.2, -0.15) is 0 Å². The van der Waals surface area contributed by atoms with Crippen molar-refractivity contribution in [2.24, 2.45) is 0 Å². The molecular formula is C30H47O4P. The molecule has 0 unspecified atom stereocenters. The molecule has 4 nitrogen and oxygen atoms in total. The zero-order valence-electron chi connectivity index (χ0n) is 21.7. The SMILES string of the molecule is CCCCCCCC/C=C\CCCCCCCCOP(O)O.Oc1ccc(-c2ccccc2)cc1. The number of rotatable bonds is 18. The predicted molar refractivity (Wildman–Crippen MR) is 150 cm³/mol. The van der Waals surface area contributed by atoms with Crippen molar-refractivity contribution in [3.05, 3.63) is 66.7 Å². The largest absolute Gasteiger partial charge is 0.508 e. The van der Waals surface area contributed by atoms with Crippen molar-refractivity contribution in [3.63, 3.8) is 0 Å². The van der Waals surface area contributed by atoms with Gasteiger partial charge in [-0.05, 0) is 55.4 Å². The number of aromatic hydroxyl groups is 1. The van der Waals surface area contributed by atoms with E-state index in [0.29, 0.717) is 12.4 Å². The first-order valence-electron chi connectivity index (χ1n) is 13.4. The second-order valence-electron chi connectivity index (χ2n) is 8.94. The number of phenolic OH excluding ortho intramolecular Hbond substituents is 1. The van der Waals surface area contributed by atoms with Gasteiger partial charge in [-0.1, -0.05) is 119 Å². The first kappa shape index (κ1) is 31.3. The Bertz CT molecular complexity index is 732. The van der Waals surface area contributed by atoms with Crippen LogP contribution in [0.4, 0.5) is 0 Å². The van der Waals surface area contributed by atoms with E-state index in [1.807, 2.05) is 42.5 Å². The molecule has 0 saturated carbocycles. The lowest BCUT2D eigenvalue weighted by atomic mass is 10.1. The molecular weight excluding hydrogens is 455 g/mol. The molecule has 0 aliphatic rings. The Morgan fingerprint density at radius 1 is 0.629 bits per heavy atom. The van der Waals surface area contributed by atoms with Gasteiger partial charge in [0.05, 0.1) is 6.61 Å². The van der Waals surface area contributed by atoms with Gasteiger partial charge in [0.1, 0.15) is 5.75 Å². The zero-order valence-corrected chi connectivity index (χ0v) is 22.5. The summed E-state index contributed by atoms with van der Waals surface area (Å²) in [6.45, 7) is 2.74. The Hall–Kier alpha value is -1.71. The predicted octanol–water partition coefficient (Wildman–Crippen LogP) is 9.31. The van der Waals surface area contributed by atoms with E-state index < -0.39 is 8.60 Å². The zero-order chi connectivity index (χ0) is 25.4. The summed E-state index contributed by atoms with van der Waals surface area (Å²) in [4.78, 5) is 17.1. The summed E-state index contributed by atoms with van der Waals surface area (Å²) in [5.41, 5.74) is 2.29. The van der Waals surface area contributed by atoms with Crippen LogP contribution in [0.25, 0.3) is 11.1 Å². The van der Waals surface area contributed by atoms with E-state index in [9.17, 15) is 0 Å². The third kappa shape index (κ3) is 19.2. The minimum Gasteiger partial charge on any atom is -0.508 e. The van der Waals surface area contributed by atoms with Gasteiger partial charge in [0, 0.05) is 0 Å². The van der Waals surface area contributed by atoms with Gasteiger partial charge in [0.2, 0.25) is 0 Å². The molecule has 0 radical (unpaired) electrons. The molecule has 0 bridgehead atoms. The molecule has 0 aliphatic carbocycles. The monoisotopic (exact) mass is 502 g/mol. The molecule has 35 heavy (non-hydrogen) atoms. The number of hydrogen-bond acceptors (Lipinski definition) is 4. The van der Waals surface area contributed by atoms with E-state index in [2.05, 4.69) is 19.1 Å². The summed E-state index contributed by atoms with van der Waals surface area (Å²) in [6.07, 6.45) is 22.6. The summed E-state index contributed by atoms with van der Waals surface area (Å²) in [5.74, 6) is 0.305. The van der Waals surface area contributed by atoms with Crippen LogP contribution in [0.2, 0.25) is 0 Å². The van der Waals surface area contributed by atoms with Crippen LogP contribution in [-0.4, -0.2) is 21.5 Å². The van der Waals surface area contributed by atoms with Crippen LogP contribution in [0.5, 0.6) is 5.75 Å². The first-order valence-corrected chi connectivity index (χ1v) is 14.6. The summed E-state index contributed by atoms with van der Waals surface area (Å²) < 4.78 is 4.73. The first-order chi connectivity index (χ1) is 17.1. The lowest BCUT2D eigenvalue weighted by molar-refractivity contribution is 0.248. The number of allylic oxidation sites excluding steroid dienone is 2. The maximum atomic E-state index is 9.10. The molecule has 196 valence electrons. The van der Waals surface area contributed by atoms with Crippen molar-refractivity contribution in [2.75, 3.05) is 6.61 Å². The van der Waals surface area contributed by atoms with Gasteiger partial charge >= 0.3 is 8.60 Å². The average molecular weight is 503 g/mol. The van der Waals surface area contributed by atoms with Gasteiger partial charge < -0.3 is 19.4 Å². The lowest BCUT2D eigenvalue weighted by Crippen LogP contribution is -1.89. The van der Waals surface area contributed by atoms with Crippen LogP contribution in [0, 0.1) is 0 Å². The van der Waals surface area contributed by atoms with Crippen molar-refractivity contribution >= 4 is 8.60 Å². The van der Waals surface area contributed by atoms with E-state index in [4.69, 9.17) is 19.4 Å². The maximum absolute atomic E-state index is 9.10. The van der Waals surface area contributed by atoms with Gasteiger partial charge in [-0.15, -0.1) is 0 Å². The fourth-order valence-electron chi connectivity index (χ4n) is 3.78. The molecule has 2 aromatic rings. The third-order valence-electron chi connectivity index (χ3n) is 5.84. The molecule has 2 rings (SSSR count). The highest BCUT2D eigenvalue weighted by Crippen LogP contribution is 2.24. The molecule has 5 heteroatoms. The van der Waals surface area contributed by atoms with Crippen molar-refractivity contribution in [3.8, 4) is 16.9 Å². The quantitative estimate of drug-likeness (QED) is 0.108. The smallest absolute Gasteiger partial charge is 0.327 e. The summed E-state index contributed by atoms with van der Waals surface area (Å²) >= 11 is 0. The van der Waals surface area contributed by atoms with Crippen molar-refractivity contribution in [1.29, 1.82) is 0 Å². The van der Waals surface area contributed by atoms with Gasteiger partial charge in [0.15, 0.2) is 0 Å². The molecule has 0 aliphatic heterocycles. The summed E-state index contributed by atoms with van der Waals surface area (Å²) in [5, 5.41) is 9.10. The minimum absolute atomic E-state index is 0.305. The van der Waals surface area contributed by atoms with Gasteiger partial charge in [0.25, 0.3) is 0 Å². The summed E-state index contributed by atoms with van der Waals surface area (Å²) in [7, 11) is -2.15. The van der Waals surface area contributed by atoms with Crippen LogP contribution in [0.15, 0.2) is 66.7 Å². The highest BCUT2D eigenvalue weighted by molar-refractivity contribution is 7.39. The molecule has 0 fully saturated rings. The number of hydrogen-bond donors (Lipinski definition) is 3. The Balaban J connectivity index is 0.000000394. The standard InChI is InChI=1S/C18H37O3P.C12H10O/c1-2-3-4-5-6-7-8-9-10-11-12-13-14-15-16-17-18-21-22(19)20;13-12-8-6-11(7-9-12)10-4-2-1-3-5-10/h9-10,19-20H,2-8,11-18H2,1H3;1-9,13H/b10-9-;. The molecule has 0 saturated heterocycles. The maximum Gasteiger partial charge on any atom is 0.327 e. The van der Waals surface area contributed by atoms with Crippen LogP contribution in [-0.2, 0) is 4.52 Å². The van der Waals surface area contributed by atoms with Crippen LogP contribution < -0.4 is 0 Å². The Morgan fingerprint density at radius 3 is 1.66 bits per heavy atom. The summed E-state index contributed by atoms with van der Waals surface area (Å²) in [6, 6.07) is 17.3. The third-order valence-corrected chi connectivity index (χ3v) is 6.25. The van der Waals surface area contributed by atoms with Gasteiger partial charge in [-0.25, -0.2) is 0 Å². The van der Waals surface area contributed by atoms with Gasteiger partial charge in [-0.3, -0.25) is 0 Å². The van der Waals surface area contributed by atoms with Crippen molar-refractivity contribution < 1.29 is 19.4 Å². The Morgan fingerprint density at radius 2 is 1.11 bits per heavy atom. The van der Waals surface area contributed by atoms with Crippen LogP contribution in [0.1, 0.15) is 96.8 Å². The molecule has 0 atom stereocenters. The molecule has 0 heterocycles. The molecule has 0 amide bonds. The highest BCUT2D eigenvalue weighted by Gasteiger charge is 1.98. The van der Waals surface area contributed by atoms with Crippen molar-refractivity contribution in [2.45, 2.75) is 96.8 Å². The second kappa shape index (κ2) is 22.7. The Kier molecular flexibility index (Phi) is 20.3. The highest BCUT2D eigenvalue weighted by atomic mass is 31.2. The van der Waals surface area contributed by atoms with Crippen LogP contribution in [0.3, 0.4) is 0 Å². The average Bonchev–Trinajstić information content (AvgIpc) is 2.87. The lowest BCUT2D eigenvalue weighted by Gasteiger charge is -2.03. The molecule has 0 spiro atoms. The van der Waals surface area contributed by atoms with E-state index in [1.165, 1.54) is 82.6 Å². The fourth-order valence-corrected chi connectivity index (χ4v) is 4.07. The molecule has 3 N–H and O–H groups in total. The minimum atomic E-state index is -2.15. The van der Waals surface area contributed by atoms with Crippen LogP contribution >= 0.6 is 8.60 Å². The van der Waals surface area contributed by atoms with Crippen molar-refractivity contribution in [1.82, 2.24) is 0 Å². The van der Waals surface area contributed by atoms with E-state index in [0.717, 1.165) is 18.4 Å². The number of phenols is 1. The molecule has 0 aromatic heterocycles. The number of unbranched alkanes of at least 4 members (excludes halogenated alkanes) is 12. The normalized spacial score (nSPS) is 11.1. The van der Waals surface area contributed by atoms with E-state index >= 15 is 0 Å². The fraction of sp³-hybridized carbons (Fsp3) is 0.533. The molecule has 2 aromatic carbocycles.